The number of hydrogen-bond donors (Lipinski definition) is 1. The van der Waals surface area contributed by atoms with Gasteiger partial charge < -0.3 is 14.6 Å². The van der Waals surface area contributed by atoms with Crippen LogP contribution in [-0.2, 0) is 19.1 Å². The summed E-state index contributed by atoms with van der Waals surface area (Å²) in [5.41, 5.74) is 0. The molecule has 0 aliphatic carbocycles. The molecule has 50 heavy (non-hydrogen) atoms. The van der Waals surface area contributed by atoms with E-state index in [1.54, 1.807) is 0 Å². The van der Waals surface area contributed by atoms with Crippen LogP contribution in [0.2, 0.25) is 0 Å². The molecule has 0 bridgehead atoms. The molecule has 0 heterocycles. The average Bonchev–Trinajstić information content (AvgIpc) is 3.12. The van der Waals surface area contributed by atoms with E-state index >= 15 is 0 Å². The van der Waals surface area contributed by atoms with Gasteiger partial charge in [-0.25, -0.2) is 0 Å². The SMILES string of the molecule is CCC/C=C\C/C=C\CCCCCCCC(=O)OCC(CO)OC(=O)CCCCCCCCCC/C=C\C/C=C\C/C=C\CCCCCCC. The number of allylic oxidation sites excluding steroid dienone is 10. The van der Waals surface area contributed by atoms with Crippen molar-refractivity contribution < 1.29 is 24.2 Å². The second-order valence-electron chi connectivity index (χ2n) is 13.7. The minimum atomic E-state index is -0.782. The summed E-state index contributed by atoms with van der Waals surface area (Å²) >= 11 is 0. The molecule has 0 radical (unpaired) electrons. The maximum Gasteiger partial charge on any atom is 0.306 e. The van der Waals surface area contributed by atoms with Crippen molar-refractivity contribution in [3.8, 4) is 0 Å². The number of hydrogen-bond acceptors (Lipinski definition) is 5. The van der Waals surface area contributed by atoms with E-state index in [-0.39, 0.29) is 25.2 Å². The molecule has 1 unspecified atom stereocenters. The Balaban J connectivity index is 3.58. The Bertz CT molecular complexity index is 884. The summed E-state index contributed by atoms with van der Waals surface area (Å²) in [5, 5.41) is 9.56. The lowest BCUT2D eigenvalue weighted by Gasteiger charge is -2.15. The first-order valence-electron chi connectivity index (χ1n) is 20.8. The molecule has 0 saturated heterocycles. The molecule has 0 aliphatic rings. The minimum Gasteiger partial charge on any atom is -0.462 e. The molecule has 1 N–H and O–H groups in total. The molecular weight excluding hydrogens is 620 g/mol. The fourth-order valence-electron chi connectivity index (χ4n) is 5.60. The van der Waals surface area contributed by atoms with E-state index in [1.807, 2.05) is 0 Å². The second-order valence-corrected chi connectivity index (χ2v) is 13.7. The fraction of sp³-hybridized carbons (Fsp3) is 0.733. The molecule has 0 amide bonds. The minimum absolute atomic E-state index is 0.0783. The number of carbonyl (C=O) groups is 2. The van der Waals surface area contributed by atoms with E-state index in [4.69, 9.17) is 9.47 Å². The third-order valence-electron chi connectivity index (χ3n) is 8.76. The van der Waals surface area contributed by atoms with Gasteiger partial charge in [0.2, 0.25) is 0 Å². The van der Waals surface area contributed by atoms with E-state index in [9.17, 15) is 14.7 Å². The lowest BCUT2D eigenvalue weighted by atomic mass is 10.1. The molecule has 0 aromatic rings. The molecule has 0 aromatic carbocycles. The van der Waals surface area contributed by atoms with Crippen molar-refractivity contribution >= 4 is 11.9 Å². The summed E-state index contributed by atoms with van der Waals surface area (Å²) in [4.78, 5) is 24.3. The standard InChI is InChI=1S/C45H78O5/c1-3-5-7-9-11-13-15-17-18-19-20-21-22-23-24-25-26-28-30-32-34-36-38-40-45(48)50-43(41-46)42-49-44(47)39-37-35-33-31-29-27-16-14-12-10-8-6-4-2/h8,10,14-17,19-20,22-23,43,46H,3-7,9,11-13,18,21,24-42H2,1-2H3/b10-8-,16-14-,17-15-,20-19-,23-22-. The van der Waals surface area contributed by atoms with Crippen molar-refractivity contribution in [3.63, 3.8) is 0 Å². The third kappa shape index (κ3) is 38.4. The van der Waals surface area contributed by atoms with Gasteiger partial charge in [-0.2, -0.15) is 0 Å². The highest BCUT2D eigenvalue weighted by atomic mass is 16.6. The van der Waals surface area contributed by atoms with Crippen LogP contribution in [0.3, 0.4) is 0 Å². The van der Waals surface area contributed by atoms with Crippen LogP contribution in [0.1, 0.15) is 194 Å². The number of aliphatic hydroxyl groups excluding tert-OH is 1. The molecule has 5 heteroatoms. The van der Waals surface area contributed by atoms with Crippen molar-refractivity contribution in [2.45, 2.75) is 200 Å². The Hall–Kier alpha value is -2.40. The largest absolute Gasteiger partial charge is 0.462 e. The van der Waals surface area contributed by atoms with E-state index < -0.39 is 6.10 Å². The monoisotopic (exact) mass is 699 g/mol. The van der Waals surface area contributed by atoms with E-state index in [2.05, 4.69) is 74.6 Å². The van der Waals surface area contributed by atoms with Crippen molar-refractivity contribution in [1.29, 1.82) is 0 Å². The molecule has 0 fully saturated rings. The van der Waals surface area contributed by atoms with Crippen LogP contribution in [0.5, 0.6) is 0 Å². The Morgan fingerprint density at radius 3 is 1.28 bits per heavy atom. The second kappa shape index (κ2) is 41.0. The van der Waals surface area contributed by atoms with Crippen LogP contribution in [-0.4, -0.2) is 36.4 Å². The normalized spacial score (nSPS) is 12.8. The molecule has 0 rings (SSSR count). The van der Waals surface area contributed by atoms with Gasteiger partial charge in [-0.05, 0) is 77.0 Å². The zero-order chi connectivity index (χ0) is 36.4. The molecule has 0 aliphatic heterocycles. The number of ether oxygens (including phenoxy) is 2. The van der Waals surface area contributed by atoms with Gasteiger partial charge in [-0.15, -0.1) is 0 Å². The third-order valence-corrected chi connectivity index (χ3v) is 8.76. The van der Waals surface area contributed by atoms with Gasteiger partial charge in [0, 0.05) is 12.8 Å². The van der Waals surface area contributed by atoms with Crippen molar-refractivity contribution in [2.24, 2.45) is 0 Å². The van der Waals surface area contributed by atoms with Crippen LogP contribution in [0.4, 0.5) is 0 Å². The first-order valence-corrected chi connectivity index (χ1v) is 20.8. The van der Waals surface area contributed by atoms with Crippen molar-refractivity contribution in [2.75, 3.05) is 13.2 Å². The molecular formula is C45H78O5. The zero-order valence-electron chi connectivity index (χ0n) is 32.6. The number of aliphatic hydroxyl groups is 1. The first kappa shape index (κ1) is 47.6. The molecule has 1 atom stereocenters. The van der Waals surface area contributed by atoms with E-state index in [0.717, 1.165) is 70.6 Å². The number of esters is 2. The van der Waals surface area contributed by atoms with Crippen LogP contribution in [0.15, 0.2) is 60.8 Å². The van der Waals surface area contributed by atoms with Crippen molar-refractivity contribution in [3.05, 3.63) is 60.8 Å². The molecule has 288 valence electrons. The maximum atomic E-state index is 12.2. The van der Waals surface area contributed by atoms with Gasteiger partial charge in [0.15, 0.2) is 6.10 Å². The predicted octanol–water partition coefficient (Wildman–Crippen LogP) is 13.2. The lowest BCUT2D eigenvalue weighted by Crippen LogP contribution is -2.28. The quantitative estimate of drug-likeness (QED) is 0.0397. The summed E-state index contributed by atoms with van der Waals surface area (Å²) in [6.07, 6.45) is 52.8. The Morgan fingerprint density at radius 1 is 0.460 bits per heavy atom. The van der Waals surface area contributed by atoms with Gasteiger partial charge >= 0.3 is 11.9 Å². The van der Waals surface area contributed by atoms with Gasteiger partial charge in [-0.3, -0.25) is 9.59 Å². The summed E-state index contributed by atoms with van der Waals surface area (Å²) < 4.78 is 10.6. The van der Waals surface area contributed by atoms with E-state index in [0.29, 0.717) is 12.8 Å². The van der Waals surface area contributed by atoms with Crippen molar-refractivity contribution in [1.82, 2.24) is 0 Å². The van der Waals surface area contributed by atoms with E-state index in [1.165, 1.54) is 96.3 Å². The summed E-state index contributed by atoms with van der Waals surface area (Å²) in [5.74, 6) is -0.618. The summed E-state index contributed by atoms with van der Waals surface area (Å²) in [6.45, 7) is 4.04. The molecule has 5 nitrogen and oxygen atoms in total. The fourth-order valence-corrected chi connectivity index (χ4v) is 5.60. The molecule has 0 spiro atoms. The summed E-state index contributed by atoms with van der Waals surface area (Å²) in [6, 6.07) is 0. The average molecular weight is 699 g/mol. The first-order chi connectivity index (χ1) is 24.6. The smallest absolute Gasteiger partial charge is 0.306 e. The van der Waals surface area contributed by atoms with Gasteiger partial charge in [0.1, 0.15) is 6.61 Å². The molecule has 0 aromatic heterocycles. The summed E-state index contributed by atoms with van der Waals surface area (Å²) in [7, 11) is 0. The lowest BCUT2D eigenvalue weighted by molar-refractivity contribution is -0.161. The Kier molecular flexibility index (Phi) is 39.1. The van der Waals surface area contributed by atoms with Crippen LogP contribution in [0, 0.1) is 0 Å². The predicted molar refractivity (Wildman–Crippen MR) is 214 cm³/mol. The zero-order valence-corrected chi connectivity index (χ0v) is 32.6. The van der Waals surface area contributed by atoms with Crippen LogP contribution in [0.25, 0.3) is 0 Å². The number of carbonyl (C=O) groups excluding carboxylic acids is 2. The Labute approximate surface area is 309 Å². The highest BCUT2D eigenvalue weighted by molar-refractivity contribution is 5.70. The van der Waals surface area contributed by atoms with Gasteiger partial charge in [0.25, 0.3) is 0 Å². The van der Waals surface area contributed by atoms with Crippen LogP contribution < -0.4 is 0 Å². The van der Waals surface area contributed by atoms with Gasteiger partial charge in [-0.1, -0.05) is 164 Å². The van der Waals surface area contributed by atoms with Crippen LogP contribution >= 0.6 is 0 Å². The number of unbranched alkanes of at least 4 members (excludes halogenated alkanes) is 19. The maximum absolute atomic E-state index is 12.2. The topological polar surface area (TPSA) is 72.8 Å². The molecule has 0 saturated carbocycles. The highest BCUT2D eigenvalue weighted by Gasteiger charge is 2.16. The Morgan fingerprint density at radius 2 is 0.840 bits per heavy atom. The highest BCUT2D eigenvalue weighted by Crippen LogP contribution is 2.13. The van der Waals surface area contributed by atoms with Gasteiger partial charge in [0.05, 0.1) is 6.61 Å². The number of rotatable bonds is 37.